The molecule has 120 heavy (non-hydrogen) atoms. The summed E-state index contributed by atoms with van der Waals surface area (Å²) in [6.07, 6.45) is 5.00. The van der Waals surface area contributed by atoms with Gasteiger partial charge < -0.3 is 18.3 Å². The summed E-state index contributed by atoms with van der Waals surface area (Å²) in [4.78, 5) is 0. The molecule has 16 aromatic carbocycles. The molecule has 20 aromatic rings. The van der Waals surface area contributed by atoms with Gasteiger partial charge in [-0.3, -0.25) is 0 Å². The molecule has 0 saturated heterocycles. The maximum atomic E-state index is 3.15. The number of para-hydroxylation sites is 8. The molecule has 0 N–H and O–H groups in total. The Balaban J connectivity index is 0.000000238. The molecule has 4 aromatic heterocycles. The van der Waals surface area contributed by atoms with E-state index in [1.54, 1.807) is 0 Å². The van der Waals surface area contributed by atoms with E-state index in [2.05, 4.69) is 345 Å². The molecule has 0 bridgehead atoms. The van der Waals surface area contributed by atoms with Crippen LogP contribution in [0, 0.1) is 48.5 Å². The molecule has 4 heterocycles. The summed E-state index contributed by atoms with van der Waals surface area (Å²) in [7, 11) is 8.46. The third-order valence-electron chi connectivity index (χ3n) is 18.1. The average Bonchev–Trinajstić information content (AvgIpc) is 1.65. The number of fused-ring (bicyclic) bond motifs is 12. The van der Waals surface area contributed by atoms with Crippen molar-refractivity contribution < 1.29 is 84.3 Å². The Morgan fingerprint density at radius 1 is 0.150 bits per heavy atom. The van der Waals surface area contributed by atoms with Crippen molar-refractivity contribution in [2.45, 2.75) is 81.1 Å². The maximum absolute atomic E-state index is 3.15. The minimum absolute atomic E-state index is 0. The van der Waals surface area contributed by atoms with Crippen molar-refractivity contribution >= 4 is 87.2 Å². The molecule has 4 nitrogen and oxygen atoms in total. The molecule has 20 rings (SSSR count). The van der Waals surface area contributed by atoms with Crippen LogP contribution in [-0.4, -0.2) is 18.3 Å². The van der Waals surface area contributed by atoms with Crippen LogP contribution in [0.25, 0.3) is 132 Å². The zero-order valence-corrected chi connectivity index (χ0v) is 82.9. The third-order valence-corrected chi connectivity index (χ3v) is 18.1. The number of nitrogens with zero attached hydrogens (tertiary/aromatic N) is 4. The first-order chi connectivity index (χ1) is 57.0. The van der Waals surface area contributed by atoms with E-state index in [-0.39, 0.29) is 84.3 Å². The van der Waals surface area contributed by atoms with Gasteiger partial charge in [-0.05, 0) is 48.5 Å². The summed E-state index contributed by atoms with van der Waals surface area (Å²) in [6, 6.07) is 157. The van der Waals surface area contributed by atoms with Crippen LogP contribution in [-0.2, 0) is 112 Å². The number of aryl methyl sites for hydroxylation is 4. The molecule has 0 aliphatic carbocycles. The van der Waals surface area contributed by atoms with E-state index in [9.17, 15) is 0 Å². The summed E-state index contributed by atoms with van der Waals surface area (Å²) in [5.74, 6) is 0. The molecule has 0 spiro atoms. The van der Waals surface area contributed by atoms with Crippen LogP contribution in [0.1, 0.15) is 81.1 Å². The van der Waals surface area contributed by atoms with Gasteiger partial charge in [0.15, 0.2) is 0 Å². The topological polar surface area (TPSA) is 19.7 Å². The summed E-state index contributed by atoms with van der Waals surface area (Å²) in [6.45, 7) is 17.0. The molecule has 0 aliphatic heterocycles. The van der Waals surface area contributed by atoms with Crippen molar-refractivity contribution in [2.75, 3.05) is 0 Å². The Kier molecular flexibility index (Phi) is 46.7. The van der Waals surface area contributed by atoms with Crippen LogP contribution in [0.4, 0.5) is 0 Å². The van der Waals surface area contributed by atoms with Gasteiger partial charge in [0.05, 0.1) is 0 Å². The van der Waals surface area contributed by atoms with Crippen LogP contribution in [0.5, 0.6) is 0 Å². The number of rotatable bonds is 4. The van der Waals surface area contributed by atoms with Crippen molar-refractivity contribution in [3.8, 4) is 44.5 Å². The Morgan fingerprint density at radius 2 is 0.242 bits per heavy atom. The molecular weight excluding hydrogens is 2140 g/mol. The summed E-state index contributed by atoms with van der Waals surface area (Å²) in [5, 5.41) is 10.7. The second-order valence-corrected chi connectivity index (χ2v) is 27.4. The first-order valence-corrected chi connectivity index (χ1v) is 40.5. The van der Waals surface area contributed by atoms with E-state index in [4.69, 9.17) is 0 Å². The second kappa shape index (κ2) is 56.1. The number of hydrogen-bond donors (Lipinski definition) is 0. The number of aromatic nitrogens is 4. The molecule has 0 unspecified atom stereocenters. The Hall–Kier alpha value is -10.5. The van der Waals surface area contributed by atoms with Gasteiger partial charge in [0.25, 0.3) is 0 Å². The summed E-state index contributed by atoms with van der Waals surface area (Å²) in [5.41, 5.74) is 19.2. The van der Waals surface area contributed by atoms with Crippen LogP contribution in [0.2, 0.25) is 0 Å². The first kappa shape index (κ1) is 100. The van der Waals surface area contributed by atoms with Gasteiger partial charge in [-0.25, -0.2) is 44.5 Å². The Bertz CT molecular complexity index is 4970. The fourth-order valence-corrected chi connectivity index (χ4v) is 13.0. The van der Waals surface area contributed by atoms with E-state index in [0.717, 1.165) is 44.5 Å². The van der Waals surface area contributed by atoms with E-state index in [0.29, 0.717) is 0 Å². The van der Waals surface area contributed by atoms with Crippen LogP contribution < -0.4 is 0 Å². The van der Waals surface area contributed by atoms with Crippen LogP contribution in [0.3, 0.4) is 0 Å². The molecule has 0 fully saturated rings. The molecule has 0 amide bonds. The molecule has 0 saturated carbocycles. The quantitative estimate of drug-likeness (QED) is 0.157. The fourth-order valence-electron chi connectivity index (χ4n) is 13.0. The van der Waals surface area contributed by atoms with Crippen molar-refractivity contribution in [1.29, 1.82) is 0 Å². The molecule has 0 aliphatic rings. The van der Waals surface area contributed by atoms with E-state index in [1.807, 2.05) is 194 Å². The standard InChI is InChI=1S/4C13H11N.4C12H8.4C3H8.4W/c4*1-14-12-8-4-2-6-10(12)11-7-3-5-9-13(11)14;4*1-3-7-11(8-4-1)12-9-5-2-6-10-12;4*1-3-2;;;;/h4*2-9H,1H3;4*1-7,9H;4*3H2,1-2H3;;;;/q;;;;4*-2;;;;;4*+2. The zero-order valence-electron chi connectivity index (χ0n) is 71.2. The van der Waals surface area contributed by atoms with Gasteiger partial charge in [0.2, 0.25) is 0 Å². The molecule has 0 radical (unpaired) electrons. The minimum Gasteiger partial charge on any atom is -0.344 e. The zero-order chi connectivity index (χ0) is 81.9. The Morgan fingerprint density at radius 3 is 0.333 bits per heavy atom. The van der Waals surface area contributed by atoms with Gasteiger partial charge in [-0.2, -0.15) is 194 Å². The Labute approximate surface area is 773 Å². The SMILES string of the molecule is CCC.CCC.CCC.CCC.Cn1c2ccccc2c2ccccc21.Cn1c2ccccc2c2ccccc21.Cn1c2ccccc2c2ccccc21.Cn1c2ccccc2c2ccccc21.[W+2].[W+2].[W+2].[W+2].[c-]1ccccc1-c1[c-]cccc1.[c-]1ccccc1-c1[c-]cccc1.[c-]1ccccc1-c1[c-]cccc1.[c-]1ccccc1-c1[c-]cccc1. The van der Waals surface area contributed by atoms with Crippen LogP contribution >= 0.6 is 0 Å². The maximum Gasteiger partial charge on any atom is 2.00 e. The predicted octanol–water partition coefficient (Wildman–Crippen LogP) is 30.8. The van der Waals surface area contributed by atoms with Crippen molar-refractivity contribution in [3.63, 3.8) is 0 Å². The van der Waals surface area contributed by atoms with Crippen molar-refractivity contribution in [3.05, 3.63) is 437 Å². The molecule has 600 valence electrons. The summed E-state index contributed by atoms with van der Waals surface area (Å²) < 4.78 is 8.96. The van der Waals surface area contributed by atoms with E-state index >= 15 is 0 Å². The van der Waals surface area contributed by atoms with Crippen molar-refractivity contribution in [2.24, 2.45) is 28.2 Å². The first-order valence-electron chi connectivity index (χ1n) is 40.5. The number of hydrogen-bond acceptors (Lipinski definition) is 0. The monoisotopic (exact) mass is 2240 g/mol. The van der Waals surface area contributed by atoms with Crippen LogP contribution in [0.15, 0.2) is 388 Å². The van der Waals surface area contributed by atoms with E-state index < -0.39 is 0 Å². The third kappa shape index (κ3) is 28.9. The number of benzene rings is 16. The van der Waals surface area contributed by atoms with Gasteiger partial charge in [-0.15, -0.1) is 48.5 Å². The fraction of sp³-hybridized carbons (Fsp3) is 0.143. The van der Waals surface area contributed by atoms with Gasteiger partial charge in [0.1, 0.15) is 0 Å². The van der Waals surface area contributed by atoms with Crippen molar-refractivity contribution in [1.82, 2.24) is 18.3 Å². The smallest absolute Gasteiger partial charge is 0.344 e. The normalized spacial score (nSPS) is 9.70. The summed E-state index contributed by atoms with van der Waals surface area (Å²) >= 11 is 0. The molecule has 8 heteroatoms. The molecular formula is C112H108N4W4. The second-order valence-electron chi connectivity index (χ2n) is 27.4. The van der Waals surface area contributed by atoms with Gasteiger partial charge >= 0.3 is 84.3 Å². The van der Waals surface area contributed by atoms with E-state index in [1.165, 1.54) is 113 Å². The minimum atomic E-state index is 0. The van der Waals surface area contributed by atoms with Gasteiger partial charge in [0, 0.05) is 115 Å². The average molecular weight is 2250 g/mol. The largest absolute Gasteiger partial charge is 2.00 e. The van der Waals surface area contributed by atoms with Gasteiger partial charge in [-0.1, -0.05) is 227 Å². The predicted molar refractivity (Wildman–Crippen MR) is 504 cm³/mol. The molecule has 0 atom stereocenters.